The molecule has 0 saturated heterocycles. The first-order chi connectivity index (χ1) is 26.4. The lowest BCUT2D eigenvalue weighted by Gasteiger charge is -2.22. The average Bonchev–Trinajstić information content (AvgIpc) is 3.71. The first-order valence-electron chi connectivity index (χ1n) is 17.9. The zero-order valence-corrected chi connectivity index (χ0v) is 29.6. The van der Waals surface area contributed by atoms with E-state index in [1.165, 1.54) is 22.3 Å². The maximum Gasteiger partial charge on any atom is 0.164 e. The molecular formula is C48H31N5O. The van der Waals surface area contributed by atoms with Crippen LogP contribution in [0, 0.1) is 11.3 Å². The number of nitrogens with zero attached hydrogens (tertiary/aromatic N) is 5. The molecule has 6 nitrogen and oxygen atoms in total. The molecule has 3 aromatic heterocycles. The lowest BCUT2D eigenvalue weighted by atomic mass is 9.81. The van der Waals surface area contributed by atoms with Gasteiger partial charge in [-0.05, 0) is 99.1 Å². The Balaban J connectivity index is 1.18. The Labute approximate surface area is 312 Å². The van der Waals surface area contributed by atoms with Gasteiger partial charge in [0.25, 0.3) is 0 Å². The molecule has 1 aliphatic rings. The Bertz CT molecular complexity index is 2920. The van der Waals surface area contributed by atoms with Crippen LogP contribution in [-0.4, -0.2) is 19.9 Å². The molecule has 6 heteroatoms. The number of aromatic nitrogens is 4. The highest BCUT2D eigenvalue weighted by molar-refractivity contribution is 6.05. The number of fused-ring (bicyclic) bond motifs is 6. The van der Waals surface area contributed by atoms with Crippen LogP contribution in [0.25, 0.3) is 89.5 Å². The van der Waals surface area contributed by atoms with Gasteiger partial charge in [0, 0.05) is 45.3 Å². The van der Waals surface area contributed by atoms with E-state index in [0.717, 1.165) is 60.9 Å². The molecule has 0 unspecified atom stereocenters. The van der Waals surface area contributed by atoms with Crippen molar-refractivity contribution in [1.29, 1.82) is 5.26 Å². The molecule has 0 atom stereocenters. The van der Waals surface area contributed by atoms with Crippen LogP contribution in [0.3, 0.4) is 0 Å². The summed E-state index contributed by atoms with van der Waals surface area (Å²) in [6, 6.07) is 50.0. The van der Waals surface area contributed by atoms with Gasteiger partial charge in [-0.15, -0.1) is 0 Å². The minimum absolute atomic E-state index is 0.279. The summed E-state index contributed by atoms with van der Waals surface area (Å²) in [5, 5.41) is 11.7. The maximum absolute atomic E-state index is 9.67. The van der Waals surface area contributed by atoms with Crippen LogP contribution in [0.4, 0.5) is 0 Å². The third-order valence-electron chi connectivity index (χ3n) is 10.6. The molecule has 0 amide bonds. The lowest BCUT2D eigenvalue weighted by Crippen LogP contribution is -2.15. The zero-order chi connectivity index (χ0) is 36.4. The quantitative estimate of drug-likeness (QED) is 0.178. The monoisotopic (exact) mass is 693 g/mol. The Kier molecular flexibility index (Phi) is 7.11. The minimum atomic E-state index is -0.279. The van der Waals surface area contributed by atoms with E-state index in [4.69, 9.17) is 19.4 Å². The number of hydrogen-bond acceptors (Lipinski definition) is 6. The summed E-state index contributed by atoms with van der Waals surface area (Å²) in [4.78, 5) is 19.5. The van der Waals surface area contributed by atoms with Gasteiger partial charge in [0.05, 0.1) is 11.6 Å². The van der Waals surface area contributed by atoms with Gasteiger partial charge in [-0.1, -0.05) is 98.8 Å². The van der Waals surface area contributed by atoms with E-state index >= 15 is 0 Å². The Morgan fingerprint density at radius 3 is 1.74 bits per heavy atom. The second kappa shape index (κ2) is 12.2. The molecule has 0 N–H and O–H groups in total. The van der Waals surface area contributed by atoms with Gasteiger partial charge < -0.3 is 4.42 Å². The van der Waals surface area contributed by atoms with Crippen LogP contribution in [0.15, 0.2) is 156 Å². The van der Waals surface area contributed by atoms with E-state index in [0.29, 0.717) is 23.0 Å². The first-order valence-corrected chi connectivity index (χ1v) is 17.9. The van der Waals surface area contributed by atoms with Crippen LogP contribution in [0.1, 0.15) is 30.5 Å². The van der Waals surface area contributed by atoms with Crippen molar-refractivity contribution in [1.82, 2.24) is 19.9 Å². The van der Waals surface area contributed by atoms with Crippen LogP contribution < -0.4 is 0 Å². The molecular weight excluding hydrogens is 663 g/mol. The van der Waals surface area contributed by atoms with Crippen molar-refractivity contribution in [3.05, 3.63) is 169 Å². The predicted octanol–water partition coefficient (Wildman–Crippen LogP) is 11.7. The second-order valence-corrected chi connectivity index (χ2v) is 14.3. The molecule has 254 valence electrons. The molecule has 54 heavy (non-hydrogen) atoms. The molecule has 0 saturated carbocycles. The van der Waals surface area contributed by atoms with Crippen LogP contribution in [0.5, 0.6) is 0 Å². The van der Waals surface area contributed by atoms with Crippen molar-refractivity contribution in [2.45, 2.75) is 19.3 Å². The van der Waals surface area contributed by atoms with Crippen molar-refractivity contribution in [2.24, 2.45) is 0 Å². The lowest BCUT2D eigenvalue weighted by molar-refractivity contribution is 0.660. The normalized spacial score (nSPS) is 12.8. The summed E-state index contributed by atoms with van der Waals surface area (Å²) in [6.45, 7) is 4.48. The molecule has 9 aromatic rings. The first kappa shape index (κ1) is 31.5. The molecule has 0 aliphatic heterocycles. The van der Waals surface area contributed by atoms with E-state index in [1.807, 2.05) is 85.1 Å². The van der Waals surface area contributed by atoms with Gasteiger partial charge in [0.1, 0.15) is 11.2 Å². The van der Waals surface area contributed by atoms with Crippen LogP contribution in [0.2, 0.25) is 0 Å². The Hall–Kier alpha value is -7.23. The van der Waals surface area contributed by atoms with Gasteiger partial charge in [-0.2, -0.15) is 5.26 Å². The SMILES string of the molecule is CC1(C)c2cc(C#N)ccc2-c2ccc(-c3cc(-c4ccc5c(c4)oc4ccncc45)cc(-c4nc(-c5ccccc5)nc(-c5ccccc5)n4)c3)cc21. The highest BCUT2D eigenvalue weighted by Crippen LogP contribution is 2.50. The zero-order valence-electron chi connectivity index (χ0n) is 29.6. The number of rotatable bonds is 5. The maximum atomic E-state index is 9.67. The van der Waals surface area contributed by atoms with Crippen molar-refractivity contribution < 1.29 is 4.42 Å². The topological polar surface area (TPSA) is 88.5 Å². The van der Waals surface area contributed by atoms with E-state index in [-0.39, 0.29) is 5.41 Å². The molecule has 0 fully saturated rings. The number of hydrogen-bond donors (Lipinski definition) is 0. The highest BCUT2D eigenvalue weighted by Gasteiger charge is 2.36. The van der Waals surface area contributed by atoms with E-state index in [9.17, 15) is 5.26 Å². The Morgan fingerprint density at radius 1 is 0.500 bits per heavy atom. The van der Waals surface area contributed by atoms with Crippen molar-refractivity contribution in [3.63, 3.8) is 0 Å². The molecule has 1 aliphatic carbocycles. The summed E-state index contributed by atoms with van der Waals surface area (Å²) >= 11 is 0. The third-order valence-corrected chi connectivity index (χ3v) is 10.6. The van der Waals surface area contributed by atoms with Gasteiger partial charge in [0.2, 0.25) is 0 Å². The number of nitriles is 1. The van der Waals surface area contributed by atoms with E-state index in [2.05, 4.69) is 85.6 Å². The summed E-state index contributed by atoms with van der Waals surface area (Å²) in [5.74, 6) is 1.80. The fraction of sp³-hybridized carbons (Fsp3) is 0.0625. The van der Waals surface area contributed by atoms with Gasteiger partial charge >= 0.3 is 0 Å². The summed E-state index contributed by atoms with van der Waals surface area (Å²) in [5.41, 5.74) is 13.6. The van der Waals surface area contributed by atoms with Crippen LogP contribution >= 0.6 is 0 Å². The molecule has 10 rings (SSSR count). The molecule has 0 spiro atoms. The van der Waals surface area contributed by atoms with Crippen LogP contribution in [-0.2, 0) is 5.41 Å². The number of furan rings is 1. The summed E-state index contributed by atoms with van der Waals surface area (Å²) in [7, 11) is 0. The van der Waals surface area contributed by atoms with E-state index < -0.39 is 0 Å². The fourth-order valence-corrected chi connectivity index (χ4v) is 7.81. The third kappa shape index (κ3) is 5.17. The average molecular weight is 694 g/mol. The van der Waals surface area contributed by atoms with E-state index in [1.54, 1.807) is 6.20 Å². The van der Waals surface area contributed by atoms with Gasteiger partial charge in [0.15, 0.2) is 17.5 Å². The largest absolute Gasteiger partial charge is 0.456 e. The number of benzene rings is 6. The van der Waals surface area contributed by atoms with Crippen molar-refractivity contribution in [2.75, 3.05) is 0 Å². The summed E-state index contributed by atoms with van der Waals surface area (Å²) in [6.07, 6.45) is 3.60. The number of pyridine rings is 1. The molecule has 0 bridgehead atoms. The highest BCUT2D eigenvalue weighted by atomic mass is 16.3. The predicted molar refractivity (Wildman–Crippen MR) is 214 cm³/mol. The second-order valence-electron chi connectivity index (χ2n) is 14.3. The summed E-state index contributed by atoms with van der Waals surface area (Å²) < 4.78 is 6.30. The molecule has 3 heterocycles. The molecule has 0 radical (unpaired) electrons. The smallest absolute Gasteiger partial charge is 0.164 e. The van der Waals surface area contributed by atoms with Crippen molar-refractivity contribution in [3.8, 4) is 73.6 Å². The minimum Gasteiger partial charge on any atom is -0.456 e. The van der Waals surface area contributed by atoms with Gasteiger partial charge in [-0.25, -0.2) is 15.0 Å². The standard InChI is InChI=1S/C48H31N5O/c1-48(2)41-21-29(27-49)13-16-37(41)38-17-14-32(25-42(38)48)34-22-35(33-15-18-39-40-28-50-20-19-43(40)54-44(39)26-33)24-36(23-34)47-52-45(30-9-5-3-6-10-30)51-46(53-47)31-11-7-4-8-12-31/h3-26,28H,1-2H3. The molecule has 6 aromatic carbocycles. The fourth-order valence-electron chi connectivity index (χ4n) is 7.81. The van der Waals surface area contributed by atoms with Gasteiger partial charge in [-0.3, -0.25) is 4.98 Å². The van der Waals surface area contributed by atoms with Crippen molar-refractivity contribution >= 4 is 21.9 Å². The Morgan fingerprint density at radius 2 is 1.07 bits per heavy atom.